The number of aliphatic imine (C=N–C) groups is 1. The predicted octanol–water partition coefficient (Wildman–Crippen LogP) is 1.99. The fourth-order valence-electron chi connectivity index (χ4n) is 5.44. The van der Waals surface area contributed by atoms with Crippen molar-refractivity contribution in [2.45, 2.75) is 38.3 Å². The summed E-state index contributed by atoms with van der Waals surface area (Å²) in [5.41, 5.74) is 1.17. The maximum atomic E-state index is 4.53. The molecule has 0 spiro atoms. The first-order valence-corrected chi connectivity index (χ1v) is 10.4. The highest BCUT2D eigenvalue weighted by Crippen LogP contribution is 2.46. The van der Waals surface area contributed by atoms with Gasteiger partial charge in [-0.15, -0.1) is 24.0 Å². The topological polar surface area (TPSA) is 51.9 Å². The van der Waals surface area contributed by atoms with E-state index < -0.39 is 0 Å². The van der Waals surface area contributed by atoms with Crippen LogP contribution in [0.3, 0.4) is 0 Å². The second-order valence-corrected chi connectivity index (χ2v) is 8.67. The van der Waals surface area contributed by atoms with Crippen LogP contribution in [0.25, 0.3) is 0 Å². The fraction of sp³-hybridized carbons (Fsp3) is 0.800. The Kier molecular flexibility index (Phi) is 7.12. The van der Waals surface area contributed by atoms with Crippen molar-refractivity contribution in [1.29, 1.82) is 0 Å². The van der Waals surface area contributed by atoms with Crippen molar-refractivity contribution in [2.24, 2.45) is 23.9 Å². The van der Waals surface area contributed by atoms with Crippen molar-refractivity contribution >= 4 is 35.9 Å². The van der Waals surface area contributed by atoms with Gasteiger partial charge in [-0.1, -0.05) is 6.42 Å². The van der Waals surface area contributed by atoms with Gasteiger partial charge in [-0.2, -0.15) is 0 Å². The zero-order valence-electron chi connectivity index (χ0n) is 17.8. The molecule has 1 aromatic rings. The van der Waals surface area contributed by atoms with Gasteiger partial charge in [-0.05, 0) is 31.1 Å². The molecular weight excluding hydrogens is 465 g/mol. The Hall–Kier alpha value is -1.03. The maximum Gasteiger partial charge on any atom is 0.204 e. The van der Waals surface area contributed by atoms with Crippen molar-refractivity contribution in [1.82, 2.24) is 24.7 Å². The molecule has 1 saturated heterocycles. The van der Waals surface area contributed by atoms with Crippen LogP contribution < -0.4 is 10.2 Å². The van der Waals surface area contributed by atoms with Gasteiger partial charge in [0.25, 0.3) is 0 Å². The number of anilines is 1. The molecule has 158 valence electrons. The number of rotatable bonds is 4. The highest BCUT2D eigenvalue weighted by atomic mass is 127. The van der Waals surface area contributed by atoms with E-state index in [0.29, 0.717) is 0 Å². The average molecular weight is 501 g/mol. The van der Waals surface area contributed by atoms with Crippen molar-refractivity contribution in [2.75, 3.05) is 52.2 Å². The molecular formula is C20H36IN7. The second kappa shape index (κ2) is 9.19. The molecule has 7 nitrogen and oxygen atoms in total. The predicted molar refractivity (Wildman–Crippen MR) is 126 cm³/mol. The Morgan fingerprint density at radius 2 is 1.96 bits per heavy atom. The Morgan fingerprint density at radius 3 is 2.50 bits per heavy atom. The number of guanidine groups is 1. The van der Waals surface area contributed by atoms with E-state index in [9.17, 15) is 0 Å². The number of imidazole rings is 1. The molecule has 3 fully saturated rings. The van der Waals surface area contributed by atoms with E-state index in [4.69, 9.17) is 0 Å². The van der Waals surface area contributed by atoms with Crippen LogP contribution in [0.1, 0.15) is 31.4 Å². The van der Waals surface area contributed by atoms with Gasteiger partial charge in [0, 0.05) is 60.4 Å². The first kappa shape index (κ1) is 21.7. The average Bonchev–Trinajstić information content (AvgIpc) is 3.39. The van der Waals surface area contributed by atoms with Gasteiger partial charge in [0.1, 0.15) is 0 Å². The molecule has 8 heteroatoms. The lowest BCUT2D eigenvalue weighted by molar-refractivity contribution is 0.0958. The summed E-state index contributed by atoms with van der Waals surface area (Å²) < 4.78 is 2.13. The first-order valence-electron chi connectivity index (χ1n) is 10.4. The molecule has 3 unspecified atom stereocenters. The maximum absolute atomic E-state index is 4.53. The molecule has 28 heavy (non-hydrogen) atoms. The van der Waals surface area contributed by atoms with E-state index in [0.717, 1.165) is 49.4 Å². The van der Waals surface area contributed by atoms with Gasteiger partial charge in [0.15, 0.2) is 5.96 Å². The van der Waals surface area contributed by atoms with Crippen molar-refractivity contribution in [3.05, 3.63) is 11.9 Å². The number of fused-ring (bicyclic) bond motifs is 2. The molecule has 3 aliphatic rings. The Balaban J connectivity index is 0.00000225. The van der Waals surface area contributed by atoms with Gasteiger partial charge in [-0.3, -0.25) is 9.89 Å². The summed E-state index contributed by atoms with van der Waals surface area (Å²) in [5.74, 6) is 3.99. The third-order valence-corrected chi connectivity index (χ3v) is 6.88. The summed E-state index contributed by atoms with van der Waals surface area (Å²) in [6.07, 6.45) is 7.85. The van der Waals surface area contributed by atoms with Crippen LogP contribution in [-0.4, -0.2) is 78.7 Å². The number of aromatic nitrogens is 2. The van der Waals surface area contributed by atoms with Crippen LogP contribution in [0, 0.1) is 11.8 Å². The SMILES string of the molecule is CN=C(NCc1cnc(N(C)C)n1C)N1CCN(C2CC3CCC2C3)CC1.I. The van der Waals surface area contributed by atoms with E-state index >= 15 is 0 Å². The lowest BCUT2D eigenvalue weighted by Crippen LogP contribution is -2.55. The number of nitrogens with zero attached hydrogens (tertiary/aromatic N) is 6. The van der Waals surface area contributed by atoms with Gasteiger partial charge in [0.05, 0.1) is 18.4 Å². The Bertz CT molecular complexity index is 678. The van der Waals surface area contributed by atoms with E-state index in [2.05, 4.69) is 36.7 Å². The number of halogens is 1. The van der Waals surface area contributed by atoms with Crippen LogP contribution in [0.4, 0.5) is 5.95 Å². The molecule has 1 aromatic heterocycles. The van der Waals surface area contributed by atoms with Crippen molar-refractivity contribution in [3.63, 3.8) is 0 Å². The van der Waals surface area contributed by atoms with E-state index in [1.54, 1.807) is 0 Å². The molecule has 3 atom stereocenters. The highest BCUT2D eigenvalue weighted by molar-refractivity contribution is 14.0. The van der Waals surface area contributed by atoms with Crippen LogP contribution in [-0.2, 0) is 13.6 Å². The summed E-state index contributed by atoms with van der Waals surface area (Å²) in [7, 11) is 8.00. The molecule has 2 aliphatic carbocycles. The Morgan fingerprint density at radius 1 is 1.21 bits per heavy atom. The van der Waals surface area contributed by atoms with Crippen LogP contribution in [0.2, 0.25) is 0 Å². The quantitative estimate of drug-likeness (QED) is 0.389. The monoisotopic (exact) mass is 501 g/mol. The smallest absolute Gasteiger partial charge is 0.204 e. The normalized spacial score (nSPS) is 27.8. The van der Waals surface area contributed by atoms with Gasteiger partial charge in [0.2, 0.25) is 5.95 Å². The van der Waals surface area contributed by atoms with E-state index in [1.165, 1.54) is 44.5 Å². The minimum Gasteiger partial charge on any atom is -0.351 e. The lowest BCUT2D eigenvalue weighted by atomic mass is 9.93. The van der Waals surface area contributed by atoms with E-state index in [-0.39, 0.29) is 24.0 Å². The Labute approximate surface area is 186 Å². The van der Waals surface area contributed by atoms with Crippen LogP contribution >= 0.6 is 24.0 Å². The summed E-state index contributed by atoms with van der Waals surface area (Å²) in [5, 5.41) is 3.54. The lowest BCUT2D eigenvalue weighted by Gasteiger charge is -2.41. The molecule has 1 aliphatic heterocycles. The van der Waals surface area contributed by atoms with Crippen LogP contribution in [0.15, 0.2) is 11.2 Å². The molecule has 2 bridgehead atoms. The van der Waals surface area contributed by atoms with E-state index in [1.807, 2.05) is 32.2 Å². The summed E-state index contributed by atoms with van der Waals surface area (Å²) in [6.45, 7) is 5.23. The zero-order valence-corrected chi connectivity index (χ0v) is 20.1. The standard InChI is InChI=1S/C20H35N7.HI/c1-21-19(22-13-17-14-23-20(24(2)3)25(17)4)27-9-7-26(8-10-27)18-12-15-5-6-16(18)11-15;/h14-16,18H,5-13H2,1-4H3,(H,21,22);1H. The molecule has 0 aromatic carbocycles. The molecule has 4 rings (SSSR count). The number of nitrogens with one attached hydrogen (secondary N) is 1. The second-order valence-electron chi connectivity index (χ2n) is 8.67. The van der Waals surface area contributed by atoms with Gasteiger partial charge >= 0.3 is 0 Å². The number of piperazine rings is 1. The minimum atomic E-state index is 0. The minimum absolute atomic E-state index is 0. The highest BCUT2D eigenvalue weighted by Gasteiger charge is 2.42. The summed E-state index contributed by atoms with van der Waals surface area (Å²) in [4.78, 5) is 16.2. The third kappa shape index (κ3) is 4.27. The molecule has 2 heterocycles. The zero-order chi connectivity index (χ0) is 19.0. The first-order chi connectivity index (χ1) is 13.1. The van der Waals surface area contributed by atoms with Crippen LogP contribution in [0.5, 0.6) is 0 Å². The third-order valence-electron chi connectivity index (χ3n) is 6.88. The molecule has 0 amide bonds. The number of hydrogen-bond donors (Lipinski definition) is 1. The molecule has 1 N–H and O–H groups in total. The van der Waals surface area contributed by atoms with Crippen molar-refractivity contribution in [3.8, 4) is 0 Å². The van der Waals surface area contributed by atoms with Gasteiger partial charge in [-0.25, -0.2) is 4.98 Å². The van der Waals surface area contributed by atoms with Crippen molar-refractivity contribution < 1.29 is 0 Å². The number of hydrogen-bond acceptors (Lipinski definition) is 4. The fourth-order valence-corrected chi connectivity index (χ4v) is 5.44. The largest absolute Gasteiger partial charge is 0.351 e. The molecule has 2 saturated carbocycles. The molecule has 0 radical (unpaired) electrons. The summed E-state index contributed by atoms with van der Waals surface area (Å²) in [6, 6.07) is 0.861. The van der Waals surface area contributed by atoms with Gasteiger partial charge < -0.3 is 19.7 Å². The summed E-state index contributed by atoms with van der Waals surface area (Å²) >= 11 is 0.